The number of imidazole rings is 2. The van der Waals surface area contributed by atoms with Crippen LogP contribution in [0, 0.1) is 5.92 Å². The molecule has 0 saturated carbocycles. The summed E-state index contributed by atoms with van der Waals surface area (Å²) < 4.78 is 42.1. The quantitative estimate of drug-likeness (QED) is 0.714. The van der Waals surface area contributed by atoms with E-state index in [1.807, 2.05) is 23.8 Å². The van der Waals surface area contributed by atoms with Gasteiger partial charge in [-0.3, -0.25) is 9.38 Å². The zero-order valence-corrected chi connectivity index (χ0v) is 14.3. The number of rotatable bonds is 4. The van der Waals surface area contributed by atoms with E-state index in [4.69, 9.17) is 0 Å². The van der Waals surface area contributed by atoms with Gasteiger partial charge in [0.15, 0.2) is 11.3 Å². The maximum atomic E-state index is 12.8. The normalized spacial score (nSPS) is 17.8. The van der Waals surface area contributed by atoms with E-state index < -0.39 is 11.9 Å². The van der Waals surface area contributed by atoms with Crippen molar-refractivity contribution in [2.45, 2.75) is 32.1 Å². The molecule has 0 fully saturated rings. The first-order valence-corrected chi connectivity index (χ1v) is 8.48. The van der Waals surface area contributed by atoms with E-state index in [0.717, 1.165) is 30.5 Å². The second-order valence-electron chi connectivity index (χ2n) is 6.85. The molecule has 1 aliphatic heterocycles. The maximum absolute atomic E-state index is 12.8. The molecule has 3 aromatic rings. The molecule has 4 rings (SSSR count). The van der Waals surface area contributed by atoms with E-state index in [0.29, 0.717) is 31.3 Å². The molecule has 1 aliphatic rings. The van der Waals surface area contributed by atoms with Crippen LogP contribution < -0.4 is 0 Å². The first-order valence-electron chi connectivity index (χ1n) is 8.48. The third-order valence-electron chi connectivity index (χ3n) is 4.78. The SMILES string of the molecule is CN(Cc1cnc2cnccn12)C[C@@H]1CCc2nc(C(F)(F)F)cn2C1. The Morgan fingerprint density at radius 1 is 1.31 bits per heavy atom. The molecule has 0 amide bonds. The fourth-order valence-corrected chi connectivity index (χ4v) is 3.59. The molecule has 26 heavy (non-hydrogen) atoms. The van der Waals surface area contributed by atoms with Crippen LogP contribution in [-0.2, 0) is 25.7 Å². The summed E-state index contributed by atoms with van der Waals surface area (Å²) in [6.07, 6.45) is 5.32. The average molecular weight is 364 g/mol. The molecule has 0 radical (unpaired) electrons. The molecule has 0 aromatic carbocycles. The smallest absolute Gasteiger partial charge is 0.334 e. The van der Waals surface area contributed by atoms with E-state index in [1.165, 1.54) is 0 Å². The van der Waals surface area contributed by atoms with Gasteiger partial charge < -0.3 is 9.47 Å². The number of nitrogens with zero attached hydrogens (tertiary/aromatic N) is 6. The molecule has 1 atom stereocenters. The summed E-state index contributed by atoms with van der Waals surface area (Å²) in [5.74, 6) is 0.828. The minimum absolute atomic E-state index is 0.295. The zero-order chi connectivity index (χ0) is 18.3. The maximum Gasteiger partial charge on any atom is 0.434 e. The molecular weight excluding hydrogens is 345 g/mol. The second-order valence-corrected chi connectivity index (χ2v) is 6.85. The van der Waals surface area contributed by atoms with Crippen molar-refractivity contribution in [3.05, 3.63) is 48.2 Å². The molecule has 4 heterocycles. The number of aromatic nitrogens is 5. The van der Waals surface area contributed by atoms with Gasteiger partial charge in [-0.1, -0.05) is 0 Å². The van der Waals surface area contributed by atoms with Crippen LogP contribution in [0.3, 0.4) is 0 Å². The molecule has 138 valence electrons. The highest BCUT2D eigenvalue weighted by atomic mass is 19.4. The van der Waals surface area contributed by atoms with E-state index in [2.05, 4.69) is 19.9 Å². The largest absolute Gasteiger partial charge is 0.434 e. The van der Waals surface area contributed by atoms with Gasteiger partial charge in [-0.15, -0.1) is 0 Å². The molecule has 0 spiro atoms. The lowest BCUT2D eigenvalue weighted by Gasteiger charge is -2.28. The number of halogens is 3. The summed E-state index contributed by atoms with van der Waals surface area (Å²) in [7, 11) is 2.02. The monoisotopic (exact) mass is 364 g/mol. The van der Waals surface area contributed by atoms with E-state index in [-0.39, 0.29) is 0 Å². The van der Waals surface area contributed by atoms with Crippen LogP contribution >= 0.6 is 0 Å². The van der Waals surface area contributed by atoms with Gasteiger partial charge in [-0.05, 0) is 19.4 Å². The molecule has 6 nitrogen and oxygen atoms in total. The van der Waals surface area contributed by atoms with Crippen LogP contribution in [0.1, 0.15) is 23.6 Å². The molecule has 0 saturated heterocycles. The van der Waals surface area contributed by atoms with Crippen LogP contribution in [0.25, 0.3) is 5.65 Å². The Hall–Kier alpha value is -2.42. The number of fused-ring (bicyclic) bond motifs is 2. The molecule has 3 aromatic heterocycles. The van der Waals surface area contributed by atoms with Crippen LogP contribution in [0.4, 0.5) is 13.2 Å². The molecule has 0 N–H and O–H groups in total. The van der Waals surface area contributed by atoms with Crippen LogP contribution in [0.5, 0.6) is 0 Å². The molecule has 9 heteroatoms. The van der Waals surface area contributed by atoms with Crippen LogP contribution in [0.2, 0.25) is 0 Å². The summed E-state index contributed by atoms with van der Waals surface area (Å²) >= 11 is 0. The van der Waals surface area contributed by atoms with E-state index >= 15 is 0 Å². The van der Waals surface area contributed by atoms with Crippen LogP contribution in [0.15, 0.2) is 31.0 Å². The molecular formula is C17H19F3N6. The lowest BCUT2D eigenvalue weighted by atomic mass is 9.99. The first-order chi connectivity index (χ1) is 12.4. The predicted molar refractivity (Wildman–Crippen MR) is 88.4 cm³/mol. The molecule has 0 aliphatic carbocycles. The fraction of sp³-hybridized carbons (Fsp3) is 0.471. The zero-order valence-electron chi connectivity index (χ0n) is 14.3. The Bertz CT molecular complexity index is 913. The van der Waals surface area contributed by atoms with Crippen molar-refractivity contribution in [3.63, 3.8) is 0 Å². The summed E-state index contributed by atoms with van der Waals surface area (Å²) in [4.78, 5) is 14.3. The molecule has 0 unspecified atom stereocenters. The van der Waals surface area contributed by atoms with Gasteiger partial charge in [0.25, 0.3) is 0 Å². The third kappa shape index (κ3) is 3.31. The summed E-state index contributed by atoms with van der Waals surface area (Å²) in [6.45, 7) is 2.09. The number of alkyl halides is 3. The highest BCUT2D eigenvalue weighted by Gasteiger charge is 2.35. The van der Waals surface area contributed by atoms with Gasteiger partial charge in [-0.25, -0.2) is 9.97 Å². The Morgan fingerprint density at radius 2 is 2.15 bits per heavy atom. The van der Waals surface area contributed by atoms with Gasteiger partial charge >= 0.3 is 6.18 Å². The Labute approximate surface area is 148 Å². The Balaban J connectivity index is 1.41. The highest BCUT2D eigenvalue weighted by molar-refractivity contribution is 5.36. The summed E-state index contributed by atoms with van der Waals surface area (Å²) in [5, 5.41) is 0. The van der Waals surface area contributed by atoms with Crippen molar-refractivity contribution < 1.29 is 13.2 Å². The minimum atomic E-state index is -4.38. The Kier molecular flexibility index (Phi) is 4.18. The van der Waals surface area contributed by atoms with E-state index in [9.17, 15) is 13.2 Å². The predicted octanol–water partition coefficient (Wildman–Crippen LogP) is 2.64. The van der Waals surface area contributed by atoms with Crippen molar-refractivity contribution in [3.8, 4) is 0 Å². The van der Waals surface area contributed by atoms with Crippen LogP contribution in [-0.4, -0.2) is 42.4 Å². The number of aryl methyl sites for hydroxylation is 1. The van der Waals surface area contributed by atoms with Gasteiger partial charge in [0.05, 0.1) is 18.1 Å². The highest BCUT2D eigenvalue weighted by Crippen LogP contribution is 2.30. The van der Waals surface area contributed by atoms with Crippen molar-refractivity contribution >= 4 is 5.65 Å². The summed E-state index contributed by atoms with van der Waals surface area (Å²) in [6, 6.07) is 0. The van der Waals surface area contributed by atoms with Gasteiger partial charge in [0, 0.05) is 44.6 Å². The Morgan fingerprint density at radius 3 is 2.96 bits per heavy atom. The third-order valence-corrected chi connectivity index (χ3v) is 4.78. The van der Waals surface area contributed by atoms with Gasteiger partial charge in [-0.2, -0.15) is 13.2 Å². The van der Waals surface area contributed by atoms with Gasteiger partial charge in [0.1, 0.15) is 5.82 Å². The average Bonchev–Trinajstić information content (AvgIpc) is 3.19. The standard InChI is InChI=1S/C17H19F3N6/c1-24(10-13-6-22-16-7-21-4-5-26(13)16)8-12-2-3-15-23-14(17(18,19)20)11-25(15)9-12/h4-7,11-12H,2-3,8-10H2,1H3/t12-/m0/s1. The van der Waals surface area contributed by atoms with Gasteiger partial charge in [0.2, 0.25) is 0 Å². The van der Waals surface area contributed by atoms with Crippen molar-refractivity contribution in [1.82, 2.24) is 28.8 Å². The number of hydrogen-bond donors (Lipinski definition) is 0. The fourth-order valence-electron chi connectivity index (χ4n) is 3.59. The summed E-state index contributed by atoms with van der Waals surface area (Å²) in [5.41, 5.74) is 1.07. The second kappa shape index (κ2) is 6.39. The topological polar surface area (TPSA) is 51.3 Å². The lowest BCUT2D eigenvalue weighted by Crippen LogP contribution is -2.31. The van der Waals surface area contributed by atoms with Crippen molar-refractivity contribution in [2.24, 2.45) is 5.92 Å². The van der Waals surface area contributed by atoms with E-state index in [1.54, 1.807) is 17.0 Å². The van der Waals surface area contributed by atoms with Crippen molar-refractivity contribution in [1.29, 1.82) is 0 Å². The number of hydrogen-bond acceptors (Lipinski definition) is 4. The van der Waals surface area contributed by atoms with Crippen molar-refractivity contribution in [2.75, 3.05) is 13.6 Å². The first kappa shape index (κ1) is 17.0. The molecule has 0 bridgehead atoms. The minimum Gasteiger partial charge on any atom is -0.334 e. The lowest BCUT2D eigenvalue weighted by molar-refractivity contribution is -0.141.